The lowest BCUT2D eigenvalue weighted by atomic mass is 10.1. The van der Waals surface area contributed by atoms with Crippen molar-refractivity contribution in [1.29, 1.82) is 0 Å². The van der Waals surface area contributed by atoms with Gasteiger partial charge in [0.05, 0.1) is 6.61 Å². The van der Waals surface area contributed by atoms with Gasteiger partial charge in [-0.25, -0.2) is 0 Å². The predicted molar refractivity (Wildman–Crippen MR) is 95.3 cm³/mol. The second kappa shape index (κ2) is 8.22. The van der Waals surface area contributed by atoms with Crippen LogP contribution in [0.5, 0.6) is 5.75 Å². The molecule has 0 aromatic heterocycles. The molecule has 0 heterocycles. The van der Waals surface area contributed by atoms with Crippen molar-refractivity contribution in [2.75, 3.05) is 23.8 Å². The molecule has 0 atom stereocenters. The van der Waals surface area contributed by atoms with Crippen LogP contribution >= 0.6 is 0 Å². The van der Waals surface area contributed by atoms with Crippen molar-refractivity contribution >= 4 is 17.3 Å². The van der Waals surface area contributed by atoms with Gasteiger partial charge in [0.1, 0.15) is 5.75 Å². The fourth-order valence-corrected chi connectivity index (χ4v) is 2.26. The van der Waals surface area contributed by atoms with E-state index < -0.39 is 0 Å². The third kappa shape index (κ3) is 5.33. The molecule has 0 saturated heterocycles. The van der Waals surface area contributed by atoms with Gasteiger partial charge in [-0.05, 0) is 62.2 Å². The fraction of sp³-hybridized carbons (Fsp3) is 0.316. The first kappa shape index (κ1) is 16.9. The number of anilines is 2. The molecule has 0 aliphatic carbocycles. The standard InChI is InChI=1S/C19H24N2O2/c1-4-23-17-9-7-16(8-10-17)21-19(22)11-12-20-18-13-14(2)5-6-15(18)3/h5-10,13,20H,4,11-12H2,1-3H3,(H,21,22). The number of aryl methyl sites for hydroxylation is 2. The largest absolute Gasteiger partial charge is 0.494 e. The van der Waals surface area contributed by atoms with Crippen LogP contribution in [0.2, 0.25) is 0 Å². The van der Waals surface area contributed by atoms with Gasteiger partial charge in [-0.15, -0.1) is 0 Å². The molecular formula is C19H24N2O2. The molecule has 0 aliphatic heterocycles. The van der Waals surface area contributed by atoms with Crippen molar-refractivity contribution in [3.05, 3.63) is 53.6 Å². The maximum atomic E-state index is 12.0. The summed E-state index contributed by atoms with van der Waals surface area (Å²) in [5.74, 6) is 0.800. The highest BCUT2D eigenvalue weighted by molar-refractivity contribution is 5.91. The summed E-state index contributed by atoms with van der Waals surface area (Å²) in [5.41, 5.74) is 4.25. The first-order chi connectivity index (χ1) is 11.1. The summed E-state index contributed by atoms with van der Waals surface area (Å²) in [6, 6.07) is 13.7. The number of hydrogen-bond donors (Lipinski definition) is 2. The Labute approximate surface area is 137 Å². The van der Waals surface area contributed by atoms with Crippen molar-refractivity contribution < 1.29 is 9.53 Å². The van der Waals surface area contributed by atoms with Crippen LogP contribution in [-0.4, -0.2) is 19.1 Å². The zero-order chi connectivity index (χ0) is 16.7. The number of hydrogen-bond acceptors (Lipinski definition) is 3. The van der Waals surface area contributed by atoms with Gasteiger partial charge >= 0.3 is 0 Å². The van der Waals surface area contributed by atoms with Gasteiger partial charge in [0, 0.05) is 24.3 Å². The van der Waals surface area contributed by atoms with E-state index in [4.69, 9.17) is 4.74 Å². The summed E-state index contributed by atoms with van der Waals surface area (Å²) in [6.45, 7) is 7.30. The van der Waals surface area contributed by atoms with Gasteiger partial charge in [-0.1, -0.05) is 12.1 Å². The van der Waals surface area contributed by atoms with Crippen molar-refractivity contribution in [1.82, 2.24) is 0 Å². The molecule has 4 nitrogen and oxygen atoms in total. The molecule has 0 radical (unpaired) electrons. The van der Waals surface area contributed by atoms with Crippen molar-refractivity contribution in [3.8, 4) is 5.75 Å². The Kier molecular flexibility index (Phi) is 6.03. The molecule has 122 valence electrons. The third-order valence-electron chi connectivity index (χ3n) is 3.51. The van der Waals surface area contributed by atoms with E-state index in [0.717, 1.165) is 17.1 Å². The number of ether oxygens (including phenoxy) is 1. The Morgan fingerprint density at radius 1 is 1.09 bits per heavy atom. The molecule has 4 heteroatoms. The highest BCUT2D eigenvalue weighted by Crippen LogP contribution is 2.17. The number of nitrogens with one attached hydrogen (secondary N) is 2. The maximum absolute atomic E-state index is 12.0. The molecule has 2 rings (SSSR count). The lowest BCUT2D eigenvalue weighted by Crippen LogP contribution is -2.16. The van der Waals surface area contributed by atoms with Crippen LogP contribution in [0, 0.1) is 13.8 Å². The molecule has 2 N–H and O–H groups in total. The van der Waals surface area contributed by atoms with Gasteiger partial charge < -0.3 is 15.4 Å². The van der Waals surface area contributed by atoms with Gasteiger partial charge in [-0.2, -0.15) is 0 Å². The molecule has 0 bridgehead atoms. The van der Waals surface area contributed by atoms with Crippen molar-refractivity contribution in [2.24, 2.45) is 0 Å². The summed E-state index contributed by atoms with van der Waals surface area (Å²) in [7, 11) is 0. The summed E-state index contributed by atoms with van der Waals surface area (Å²) in [4.78, 5) is 12.0. The Morgan fingerprint density at radius 2 is 1.83 bits per heavy atom. The second-order valence-electron chi connectivity index (χ2n) is 5.50. The molecule has 0 fully saturated rings. The van der Waals surface area contributed by atoms with E-state index in [9.17, 15) is 4.79 Å². The monoisotopic (exact) mass is 312 g/mol. The minimum absolute atomic E-state index is 0.00744. The summed E-state index contributed by atoms with van der Waals surface area (Å²) in [5, 5.41) is 6.20. The lowest BCUT2D eigenvalue weighted by molar-refractivity contribution is -0.115. The molecule has 0 aliphatic rings. The molecule has 23 heavy (non-hydrogen) atoms. The summed E-state index contributed by atoms with van der Waals surface area (Å²) >= 11 is 0. The van der Waals surface area contributed by atoms with Crippen LogP contribution in [0.4, 0.5) is 11.4 Å². The SMILES string of the molecule is CCOc1ccc(NC(=O)CCNc2cc(C)ccc2C)cc1. The summed E-state index contributed by atoms with van der Waals surface area (Å²) < 4.78 is 5.38. The molecular weight excluding hydrogens is 288 g/mol. The quantitative estimate of drug-likeness (QED) is 0.808. The number of amides is 1. The number of benzene rings is 2. The average molecular weight is 312 g/mol. The van der Waals surface area contributed by atoms with Gasteiger partial charge in [0.15, 0.2) is 0 Å². The first-order valence-electron chi connectivity index (χ1n) is 7.92. The molecule has 2 aromatic rings. The smallest absolute Gasteiger partial charge is 0.226 e. The maximum Gasteiger partial charge on any atom is 0.226 e. The molecule has 2 aromatic carbocycles. The lowest BCUT2D eigenvalue weighted by Gasteiger charge is -2.11. The second-order valence-corrected chi connectivity index (χ2v) is 5.50. The molecule has 1 amide bonds. The zero-order valence-corrected chi connectivity index (χ0v) is 14.0. The van der Waals surface area contributed by atoms with Crippen LogP contribution in [0.15, 0.2) is 42.5 Å². The number of rotatable bonds is 7. The van der Waals surface area contributed by atoms with Gasteiger partial charge in [-0.3, -0.25) is 4.79 Å². The van der Waals surface area contributed by atoms with Crippen LogP contribution in [-0.2, 0) is 4.79 Å². The Bertz CT molecular complexity index is 651. The number of carbonyl (C=O) groups excluding carboxylic acids is 1. The normalized spacial score (nSPS) is 10.2. The van der Waals surface area contributed by atoms with Crippen LogP contribution < -0.4 is 15.4 Å². The van der Waals surface area contributed by atoms with E-state index in [1.54, 1.807) is 0 Å². The summed E-state index contributed by atoms with van der Waals surface area (Å²) in [6.07, 6.45) is 0.417. The van der Waals surface area contributed by atoms with Gasteiger partial charge in [0.2, 0.25) is 5.91 Å². The Morgan fingerprint density at radius 3 is 2.52 bits per heavy atom. The van der Waals surface area contributed by atoms with E-state index in [0.29, 0.717) is 19.6 Å². The molecule has 0 saturated carbocycles. The Hall–Kier alpha value is -2.49. The van der Waals surface area contributed by atoms with E-state index in [1.165, 1.54) is 11.1 Å². The van der Waals surface area contributed by atoms with Crippen LogP contribution in [0.1, 0.15) is 24.5 Å². The van der Waals surface area contributed by atoms with Crippen LogP contribution in [0.25, 0.3) is 0 Å². The zero-order valence-electron chi connectivity index (χ0n) is 14.0. The molecule has 0 unspecified atom stereocenters. The van der Waals surface area contributed by atoms with E-state index in [2.05, 4.69) is 42.7 Å². The highest BCUT2D eigenvalue weighted by atomic mass is 16.5. The first-order valence-corrected chi connectivity index (χ1v) is 7.92. The number of carbonyl (C=O) groups is 1. The van der Waals surface area contributed by atoms with E-state index in [-0.39, 0.29) is 5.91 Å². The third-order valence-corrected chi connectivity index (χ3v) is 3.51. The van der Waals surface area contributed by atoms with E-state index in [1.807, 2.05) is 31.2 Å². The average Bonchev–Trinajstić information content (AvgIpc) is 2.53. The minimum Gasteiger partial charge on any atom is -0.494 e. The van der Waals surface area contributed by atoms with Crippen LogP contribution in [0.3, 0.4) is 0 Å². The highest BCUT2D eigenvalue weighted by Gasteiger charge is 2.04. The fourth-order valence-electron chi connectivity index (χ4n) is 2.26. The molecule has 0 spiro atoms. The minimum atomic E-state index is -0.00744. The topological polar surface area (TPSA) is 50.4 Å². The van der Waals surface area contributed by atoms with Gasteiger partial charge in [0.25, 0.3) is 0 Å². The van der Waals surface area contributed by atoms with E-state index >= 15 is 0 Å². The predicted octanol–water partition coefficient (Wildman–Crippen LogP) is 4.14. The van der Waals surface area contributed by atoms with Crippen molar-refractivity contribution in [3.63, 3.8) is 0 Å². The Balaban J connectivity index is 1.79. The van der Waals surface area contributed by atoms with Crippen molar-refractivity contribution in [2.45, 2.75) is 27.2 Å².